The Morgan fingerprint density at radius 2 is 1.40 bits per heavy atom. The Kier molecular flexibility index (Phi) is 10.0. The van der Waals surface area contributed by atoms with Crippen LogP contribution in [0.3, 0.4) is 0 Å². The molecular weight excluding hydrogens is 570 g/mol. The lowest BCUT2D eigenvalue weighted by atomic mass is 9.78. The molecule has 1 aliphatic carbocycles. The second-order valence-corrected chi connectivity index (χ2v) is 11.6. The van der Waals surface area contributed by atoms with E-state index in [1.807, 2.05) is 24.3 Å². The molecule has 0 aromatic heterocycles. The van der Waals surface area contributed by atoms with Gasteiger partial charge in [0.15, 0.2) is 23.7 Å². The van der Waals surface area contributed by atoms with E-state index in [2.05, 4.69) is 6.92 Å². The van der Waals surface area contributed by atoms with Crippen LogP contribution < -0.4 is 4.74 Å². The first-order chi connectivity index (χ1) is 20.6. The van der Waals surface area contributed by atoms with Crippen molar-refractivity contribution < 1.29 is 40.6 Å². The highest BCUT2D eigenvalue weighted by Crippen LogP contribution is 2.44. The summed E-state index contributed by atoms with van der Waals surface area (Å²) in [5, 5.41) is 0. The number of halogens is 6. The summed E-state index contributed by atoms with van der Waals surface area (Å²) >= 11 is 0. The first-order valence-corrected chi connectivity index (χ1v) is 15.0. The van der Waals surface area contributed by atoms with Crippen LogP contribution in [0.4, 0.5) is 26.3 Å². The molecule has 232 valence electrons. The SMILES string of the molecule is CCCCCC1COC(c2ccc(C3CCC(C(F)(F)Oc4ccc(-c5cc(F)c(F)c(F)c5)c(F)c4)CC3)cc2)OC1. The van der Waals surface area contributed by atoms with Gasteiger partial charge in [0.05, 0.1) is 19.1 Å². The minimum Gasteiger partial charge on any atom is -0.432 e. The van der Waals surface area contributed by atoms with Gasteiger partial charge in [-0.2, -0.15) is 8.78 Å². The van der Waals surface area contributed by atoms with Crippen molar-refractivity contribution in [1.29, 1.82) is 0 Å². The summed E-state index contributed by atoms with van der Waals surface area (Å²) in [5.41, 5.74) is 1.49. The van der Waals surface area contributed by atoms with Gasteiger partial charge in [-0.05, 0) is 73.4 Å². The largest absolute Gasteiger partial charge is 0.432 e. The molecule has 5 rings (SSSR count). The van der Waals surface area contributed by atoms with Crippen molar-refractivity contribution in [3.05, 3.63) is 89.0 Å². The lowest BCUT2D eigenvalue weighted by molar-refractivity contribution is -0.222. The van der Waals surface area contributed by atoms with Crippen LogP contribution in [-0.4, -0.2) is 19.3 Å². The van der Waals surface area contributed by atoms with E-state index in [1.54, 1.807) is 0 Å². The summed E-state index contributed by atoms with van der Waals surface area (Å²) in [6.07, 6.45) is 2.32. The number of ether oxygens (including phenoxy) is 3. The average Bonchev–Trinajstić information content (AvgIpc) is 3.00. The van der Waals surface area contributed by atoms with Crippen molar-refractivity contribution in [2.24, 2.45) is 11.8 Å². The minimum absolute atomic E-state index is 0.130. The van der Waals surface area contributed by atoms with Crippen molar-refractivity contribution in [2.45, 2.75) is 76.6 Å². The van der Waals surface area contributed by atoms with Gasteiger partial charge in [-0.25, -0.2) is 17.6 Å². The third-order valence-corrected chi connectivity index (χ3v) is 8.55. The number of benzene rings is 3. The summed E-state index contributed by atoms with van der Waals surface area (Å²) in [7, 11) is 0. The molecule has 9 heteroatoms. The zero-order valence-corrected chi connectivity index (χ0v) is 24.1. The molecule has 0 spiro atoms. The van der Waals surface area contributed by atoms with Crippen molar-refractivity contribution >= 4 is 0 Å². The van der Waals surface area contributed by atoms with Gasteiger partial charge in [-0.1, -0.05) is 50.5 Å². The molecule has 0 amide bonds. The van der Waals surface area contributed by atoms with Gasteiger partial charge in [0, 0.05) is 23.1 Å². The first kappa shape index (κ1) is 31.4. The first-order valence-electron chi connectivity index (χ1n) is 15.0. The number of hydrogen-bond donors (Lipinski definition) is 0. The molecular formula is C34H36F6O3. The van der Waals surface area contributed by atoms with Crippen LogP contribution in [0.5, 0.6) is 5.75 Å². The molecule has 0 atom stereocenters. The van der Waals surface area contributed by atoms with Crippen LogP contribution in [0.2, 0.25) is 0 Å². The average molecular weight is 607 g/mol. The van der Waals surface area contributed by atoms with Crippen LogP contribution in [0, 0.1) is 35.1 Å². The van der Waals surface area contributed by atoms with Gasteiger partial charge in [-0.3, -0.25) is 0 Å². The smallest absolute Gasteiger partial charge is 0.400 e. The van der Waals surface area contributed by atoms with Crippen LogP contribution in [0.15, 0.2) is 54.6 Å². The number of rotatable bonds is 10. The van der Waals surface area contributed by atoms with E-state index in [0.29, 0.717) is 44.1 Å². The van der Waals surface area contributed by atoms with Gasteiger partial charge in [0.1, 0.15) is 11.6 Å². The Morgan fingerprint density at radius 1 is 0.767 bits per heavy atom. The van der Waals surface area contributed by atoms with Gasteiger partial charge in [0.2, 0.25) is 0 Å². The van der Waals surface area contributed by atoms with Crippen molar-refractivity contribution in [3.63, 3.8) is 0 Å². The third kappa shape index (κ3) is 7.55. The Balaban J connectivity index is 1.13. The predicted octanol–water partition coefficient (Wildman–Crippen LogP) is 10.1. The monoisotopic (exact) mass is 606 g/mol. The quantitative estimate of drug-likeness (QED) is 0.131. The van der Waals surface area contributed by atoms with E-state index in [0.717, 1.165) is 35.7 Å². The number of hydrogen-bond acceptors (Lipinski definition) is 3. The maximum Gasteiger partial charge on any atom is 0.400 e. The third-order valence-electron chi connectivity index (χ3n) is 8.55. The van der Waals surface area contributed by atoms with Gasteiger partial charge >= 0.3 is 6.11 Å². The molecule has 3 nitrogen and oxygen atoms in total. The Hall–Kier alpha value is -3.04. The number of alkyl halides is 2. The molecule has 0 radical (unpaired) electrons. The summed E-state index contributed by atoms with van der Waals surface area (Å²) in [6.45, 7) is 3.55. The Morgan fingerprint density at radius 3 is 2.00 bits per heavy atom. The van der Waals surface area contributed by atoms with E-state index < -0.39 is 41.0 Å². The van der Waals surface area contributed by atoms with E-state index >= 15 is 8.78 Å². The molecule has 3 aromatic rings. The second-order valence-electron chi connectivity index (χ2n) is 11.6. The van der Waals surface area contributed by atoms with Crippen molar-refractivity contribution in [1.82, 2.24) is 0 Å². The van der Waals surface area contributed by atoms with Gasteiger partial charge < -0.3 is 14.2 Å². The van der Waals surface area contributed by atoms with E-state index in [1.165, 1.54) is 19.3 Å². The van der Waals surface area contributed by atoms with Gasteiger partial charge in [0.25, 0.3) is 0 Å². The maximum atomic E-state index is 15.1. The van der Waals surface area contributed by atoms with Crippen LogP contribution >= 0.6 is 0 Å². The fourth-order valence-corrected chi connectivity index (χ4v) is 6.02. The highest BCUT2D eigenvalue weighted by molar-refractivity contribution is 5.65. The van der Waals surface area contributed by atoms with Gasteiger partial charge in [-0.15, -0.1) is 0 Å². The fourth-order valence-electron chi connectivity index (χ4n) is 6.02. The standard InChI is InChI=1S/C34H36F6O3/c1-2-3-4-5-21-19-41-33(42-20-21)24-8-6-22(7-9-24)23-10-12-26(13-11-23)34(39,40)43-27-14-15-28(29(35)18-27)25-16-30(36)32(38)31(37)17-25/h6-9,14-18,21,23,26,33H,2-5,10-13,19-20H2,1H3. The van der Waals surface area contributed by atoms with Crippen molar-refractivity contribution in [2.75, 3.05) is 13.2 Å². The fraction of sp³-hybridized carbons (Fsp3) is 0.471. The van der Waals surface area contributed by atoms with Crippen LogP contribution in [-0.2, 0) is 9.47 Å². The zero-order valence-electron chi connectivity index (χ0n) is 24.1. The highest BCUT2D eigenvalue weighted by atomic mass is 19.3. The molecule has 1 heterocycles. The molecule has 1 aliphatic heterocycles. The lowest BCUT2D eigenvalue weighted by Crippen LogP contribution is -2.37. The maximum absolute atomic E-state index is 15.1. The number of unbranched alkanes of at least 4 members (excludes halogenated alkanes) is 2. The topological polar surface area (TPSA) is 27.7 Å². The van der Waals surface area contributed by atoms with E-state index in [-0.39, 0.29) is 36.2 Å². The Labute approximate surface area is 248 Å². The van der Waals surface area contributed by atoms with Crippen molar-refractivity contribution in [3.8, 4) is 16.9 Å². The molecule has 43 heavy (non-hydrogen) atoms. The molecule has 3 aromatic carbocycles. The van der Waals surface area contributed by atoms with Crippen LogP contribution in [0.1, 0.15) is 81.6 Å². The normalized spacial score (nSPS) is 22.9. The highest BCUT2D eigenvalue weighted by Gasteiger charge is 2.44. The molecule has 0 bridgehead atoms. The molecule has 2 fully saturated rings. The molecule has 1 saturated heterocycles. The summed E-state index contributed by atoms with van der Waals surface area (Å²) < 4.78 is 102. The minimum atomic E-state index is -3.54. The lowest BCUT2D eigenvalue weighted by Gasteiger charge is -2.33. The summed E-state index contributed by atoms with van der Waals surface area (Å²) in [6, 6.07) is 12.2. The summed E-state index contributed by atoms with van der Waals surface area (Å²) in [5.74, 6) is -6.57. The molecule has 0 N–H and O–H groups in total. The molecule has 2 aliphatic rings. The summed E-state index contributed by atoms with van der Waals surface area (Å²) in [4.78, 5) is 0. The zero-order chi connectivity index (χ0) is 30.6. The van der Waals surface area contributed by atoms with E-state index in [9.17, 15) is 17.6 Å². The van der Waals surface area contributed by atoms with E-state index in [4.69, 9.17) is 14.2 Å². The molecule has 1 saturated carbocycles. The predicted molar refractivity (Wildman–Crippen MR) is 151 cm³/mol. The molecule has 0 unspecified atom stereocenters. The Bertz CT molecular complexity index is 1340. The second kappa shape index (κ2) is 13.7. The van der Waals surface area contributed by atoms with Crippen LogP contribution in [0.25, 0.3) is 11.1 Å².